The van der Waals surface area contributed by atoms with Gasteiger partial charge >= 0.3 is 0 Å². The molecule has 0 aliphatic rings. The van der Waals surface area contributed by atoms with Crippen LogP contribution in [0.5, 0.6) is 5.75 Å². The molecule has 0 saturated carbocycles. The molecule has 0 bridgehead atoms. The number of aromatic nitrogens is 2. The summed E-state index contributed by atoms with van der Waals surface area (Å²) in [5.74, 6) is -0.862. The number of nitrogens with zero attached hydrogens (tertiary/aromatic N) is 2. The number of hydrogen-bond acceptors (Lipinski definition) is 6. The minimum Gasteiger partial charge on any atom is -0.495 e. The fourth-order valence-electron chi connectivity index (χ4n) is 3.01. The van der Waals surface area contributed by atoms with Crippen molar-refractivity contribution in [3.8, 4) is 11.4 Å². The monoisotopic (exact) mass is 527 g/mol. The summed E-state index contributed by atoms with van der Waals surface area (Å²) in [6, 6.07) is 9.05. The Morgan fingerprint density at radius 3 is 2.68 bits per heavy atom. The quantitative estimate of drug-likeness (QED) is 0.413. The molecule has 0 aliphatic heterocycles. The van der Waals surface area contributed by atoms with E-state index in [0.29, 0.717) is 20.6 Å². The third-order valence-corrected chi connectivity index (χ3v) is 6.94. The molecular formula is C19H12BrClFN3O5S. The van der Waals surface area contributed by atoms with Gasteiger partial charge in [0.25, 0.3) is 15.6 Å². The molecule has 0 atom stereocenters. The number of sulfonamides is 1. The SMILES string of the molecule is COc1cc(Br)c(Cl)cc1-n1c(=O)ccc2cc(S(=O)(=O)Nc3ccon3)c(F)cc21. The molecule has 4 aromatic rings. The van der Waals surface area contributed by atoms with Crippen LogP contribution < -0.4 is 15.0 Å². The molecule has 0 unspecified atom stereocenters. The lowest BCUT2D eigenvalue weighted by Gasteiger charge is -2.16. The highest BCUT2D eigenvalue weighted by Crippen LogP contribution is 2.34. The van der Waals surface area contributed by atoms with Crippen LogP contribution in [0, 0.1) is 5.82 Å². The van der Waals surface area contributed by atoms with Crippen molar-refractivity contribution >= 4 is 54.3 Å². The normalized spacial score (nSPS) is 11.6. The zero-order valence-corrected chi connectivity index (χ0v) is 18.8. The first kappa shape index (κ1) is 21.3. The standard InChI is InChI=1S/C19H12BrClFN3O5S/c1-29-16-7-11(20)12(21)8-15(16)25-14-9-13(22)17(6-10(14)2-3-19(25)26)31(27,28)24-18-4-5-30-23-18/h2-9H,1H3,(H,23,24). The number of pyridine rings is 1. The number of nitrogens with one attached hydrogen (secondary N) is 1. The minimum atomic E-state index is -4.31. The van der Waals surface area contributed by atoms with E-state index in [-0.39, 0.29) is 17.0 Å². The van der Waals surface area contributed by atoms with E-state index in [1.54, 1.807) is 6.07 Å². The van der Waals surface area contributed by atoms with Gasteiger partial charge in [0.05, 0.1) is 23.3 Å². The van der Waals surface area contributed by atoms with Crippen molar-refractivity contribution in [2.45, 2.75) is 4.90 Å². The van der Waals surface area contributed by atoms with Crippen LogP contribution in [0.1, 0.15) is 0 Å². The molecular weight excluding hydrogens is 517 g/mol. The summed E-state index contributed by atoms with van der Waals surface area (Å²) in [6.45, 7) is 0. The van der Waals surface area contributed by atoms with E-state index in [1.807, 2.05) is 0 Å². The Labute approximate surface area is 188 Å². The summed E-state index contributed by atoms with van der Waals surface area (Å²) < 4.78 is 54.0. The summed E-state index contributed by atoms with van der Waals surface area (Å²) in [6.07, 6.45) is 1.17. The fraction of sp³-hybridized carbons (Fsp3) is 0.0526. The molecule has 2 aromatic heterocycles. The first-order valence-electron chi connectivity index (χ1n) is 8.53. The summed E-state index contributed by atoms with van der Waals surface area (Å²) in [4.78, 5) is 12.1. The Morgan fingerprint density at radius 1 is 1.23 bits per heavy atom. The van der Waals surface area contributed by atoms with E-state index < -0.39 is 26.3 Å². The molecule has 2 aromatic carbocycles. The van der Waals surface area contributed by atoms with E-state index in [1.165, 1.54) is 42.2 Å². The van der Waals surface area contributed by atoms with Crippen molar-refractivity contribution in [1.29, 1.82) is 0 Å². The Bertz CT molecular complexity index is 1470. The van der Waals surface area contributed by atoms with E-state index in [2.05, 4.69) is 30.3 Å². The summed E-state index contributed by atoms with van der Waals surface area (Å²) in [5, 5.41) is 4.05. The van der Waals surface area contributed by atoms with Gasteiger partial charge in [0.1, 0.15) is 22.7 Å². The molecule has 0 fully saturated rings. The van der Waals surface area contributed by atoms with Crippen molar-refractivity contribution in [3.63, 3.8) is 0 Å². The molecule has 8 nitrogen and oxygen atoms in total. The van der Waals surface area contributed by atoms with Crippen LogP contribution in [-0.2, 0) is 10.0 Å². The molecule has 0 amide bonds. The first-order valence-corrected chi connectivity index (χ1v) is 11.2. The van der Waals surface area contributed by atoms with Crippen LogP contribution in [-0.4, -0.2) is 25.3 Å². The van der Waals surface area contributed by atoms with Crippen molar-refractivity contribution < 1.29 is 22.1 Å². The largest absolute Gasteiger partial charge is 0.495 e. The van der Waals surface area contributed by atoms with Gasteiger partial charge < -0.3 is 9.26 Å². The number of halogens is 3. The van der Waals surface area contributed by atoms with Gasteiger partial charge in [0, 0.05) is 28.1 Å². The molecule has 160 valence electrons. The van der Waals surface area contributed by atoms with E-state index in [9.17, 15) is 17.6 Å². The van der Waals surface area contributed by atoms with E-state index >= 15 is 0 Å². The lowest BCUT2D eigenvalue weighted by molar-refractivity contribution is 0.412. The average molecular weight is 529 g/mol. The molecule has 4 rings (SSSR count). The van der Waals surface area contributed by atoms with Crippen LogP contribution >= 0.6 is 27.5 Å². The van der Waals surface area contributed by atoms with Crippen LogP contribution in [0.3, 0.4) is 0 Å². The number of anilines is 1. The highest BCUT2D eigenvalue weighted by Gasteiger charge is 2.23. The lowest BCUT2D eigenvalue weighted by Crippen LogP contribution is -2.19. The number of ether oxygens (including phenoxy) is 1. The van der Waals surface area contributed by atoms with Crippen molar-refractivity contribution in [3.05, 3.63) is 74.4 Å². The first-order chi connectivity index (χ1) is 14.7. The molecule has 12 heteroatoms. The van der Waals surface area contributed by atoms with Crippen molar-refractivity contribution in [2.24, 2.45) is 0 Å². The van der Waals surface area contributed by atoms with Crippen LogP contribution in [0.25, 0.3) is 16.6 Å². The van der Waals surface area contributed by atoms with Gasteiger partial charge in [0.15, 0.2) is 5.82 Å². The van der Waals surface area contributed by atoms with Crippen molar-refractivity contribution in [2.75, 3.05) is 11.8 Å². The lowest BCUT2D eigenvalue weighted by atomic mass is 10.2. The van der Waals surface area contributed by atoms with Gasteiger partial charge in [-0.3, -0.25) is 14.1 Å². The third kappa shape index (κ3) is 3.91. The summed E-state index contributed by atoms with van der Waals surface area (Å²) >= 11 is 9.47. The van der Waals surface area contributed by atoms with E-state index in [4.69, 9.17) is 16.3 Å². The van der Waals surface area contributed by atoms with Gasteiger partial charge in [-0.15, -0.1) is 0 Å². The minimum absolute atomic E-state index is 0.0984. The van der Waals surface area contributed by atoms with E-state index in [0.717, 1.165) is 12.1 Å². The molecule has 0 spiro atoms. The number of fused-ring (bicyclic) bond motifs is 1. The highest BCUT2D eigenvalue weighted by molar-refractivity contribution is 9.10. The molecule has 31 heavy (non-hydrogen) atoms. The zero-order valence-electron chi connectivity index (χ0n) is 15.6. The Kier molecular flexibility index (Phi) is 5.50. The maximum Gasteiger partial charge on any atom is 0.266 e. The number of rotatable bonds is 5. The molecule has 0 aliphatic carbocycles. The van der Waals surface area contributed by atoms with Gasteiger partial charge in [-0.05, 0) is 40.2 Å². The Balaban J connectivity index is 1.95. The van der Waals surface area contributed by atoms with Crippen LogP contribution in [0.15, 0.2) is 67.4 Å². The second-order valence-electron chi connectivity index (χ2n) is 6.28. The highest BCUT2D eigenvalue weighted by atomic mass is 79.9. The number of methoxy groups -OCH3 is 1. The molecule has 2 heterocycles. The number of benzene rings is 2. The van der Waals surface area contributed by atoms with Gasteiger partial charge in [-0.1, -0.05) is 16.8 Å². The topological polar surface area (TPSA) is 103 Å². The number of hydrogen-bond donors (Lipinski definition) is 1. The smallest absolute Gasteiger partial charge is 0.266 e. The summed E-state index contributed by atoms with van der Waals surface area (Å²) in [7, 11) is -2.89. The fourth-order valence-corrected chi connectivity index (χ4v) is 4.58. The second-order valence-corrected chi connectivity index (χ2v) is 9.19. The van der Waals surface area contributed by atoms with Gasteiger partial charge in [0.2, 0.25) is 0 Å². The zero-order chi connectivity index (χ0) is 22.3. The predicted octanol–water partition coefficient (Wildman–Crippen LogP) is 4.34. The Morgan fingerprint density at radius 2 is 2.00 bits per heavy atom. The van der Waals surface area contributed by atoms with Crippen LogP contribution in [0.4, 0.5) is 10.2 Å². The molecule has 1 N–H and O–H groups in total. The maximum absolute atomic E-state index is 15.0. The molecule has 0 radical (unpaired) electrons. The predicted molar refractivity (Wildman–Crippen MR) is 116 cm³/mol. The maximum atomic E-state index is 15.0. The van der Waals surface area contributed by atoms with Crippen LogP contribution in [0.2, 0.25) is 5.02 Å². The van der Waals surface area contributed by atoms with Gasteiger partial charge in [-0.2, -0.15) is 0 Å². The van der Waals surface area contributed by atoms with Gasteiger partial charge in [-0.25, -0.2) is 12.8 Å². The third-order valence-electron chi connectivity index (χ3n) is 4.38. The second kappa shape index (κ2) is 7.98. The Hall–Kier alpha value is -2.89. The summed E-state index contributed by atoms with van der Waals surface area (Å²) in [5.41, 5.74) is -0.0935. The van der Waals surface area contributed by atoms with Crippen molar-refractivity contribution in [1.82, 2.24) is 9.72 Å². The average Bonchev–Trinajstić information content (AvgIpc) is 3.21. The molecule has 0 saturated heterocycles.